The van der Waals surface area contributed by atoms with Crippen molar-refractivity contribution >= 4 is 0 Å². The van der Waals surface area contributed by atoms with Gasteiger partial charge in [0.1, 0.15) is 6.67 Å². The van der Waals surface area contributed by atoms with Crippen LogP contribution in [0.4, 0.5) is 22.0 Å². The SMILES string of the molecule is FC[C@@](F)(c1ccc(C2CC2)cc1)C(F)(F)F. The van der Waals surface area contributed by atoms with E-state index in [4.69, 9.17) is 0 Å². The van der Waals surface area contributed by atoms with Gasteiger partial charge in [-0.05, 0) is 24.3 Å². The highest BCUT2D eigenvalue weighted by Crippen LogP contribution is 2.44. The van der Waals surface area contributed by atoms with E-state index in [-0.39, 0.29) is 0 Å². The summed E-state index contributed by atoms with van der Waals surface area (Å²) in [6.07, 6.45) is -3.23. The summed E-state index contributed by atoms with van der Waals surface area (Å²) in [5.41, 5.74) is -3.68. The van der Waals surface area contributed by atoms with E-state index in [1.54, 1.807) is 0 Å². The van der Waals surface area contributed by atoms with Crippen molar-refractivity contribution in [3.05, 3.63) is 35.4 Å². The first-order valence-corrected chi connectivity index (χ1v) is 5.30. The second kappa shape index (κ2) is 3.96. The van der Waals surface area contributed by atoms with Crippen molar-refractivity contribution in [3.63, 3.8) is 0 Å². The van der Waals surface area contributed by atoms with E-state index in [0.29, 0.717) is 5.92 Å². The van der Waals surface area contributed by atoms with Crippen molar-refractivity contribution in [2.24, 2.45) is 0 Å². The normalized spacial score (nSPS) is 20.1. The van der Waals surface area contributed by atoms with E-state index >= 15 is 0 Å². The van der Waals surface area contributed by atoms with Gasteiger partial charge < -0.3 is 0 Å². The first-order chi connectivity index (χ1) is 7.88. The summed E-state index contributed by atoms with van der Waals surface area (Å²) in [6, 6.07) is 4.95. The van der Waals surface area contributed by atoms with E-state index in [1.165, 1.54) is 12.1 Å². The Hall–Kier alpha value is -1.13. The third-order valence-electron chi connectivity index (χ3n) is 3.05. The standard InChI is InChI=1S/C12H11F5/c13-7-11(14,12(15,16)17)10-5-3-9(4-6-10)8-1-2-8/h3-6,8H,1-2,7H2/t11-/m1/s1. The molecule has 1 aromatic rings. The van der Waals surface area contributed by atoms with Crippen LogP contribution < -0.4 is 0 Å². The number of halogens is 5. The average Bonchev–Trinajstić information content (AvgIpc) is 3.10. The molecule has 1 aliphatic carbocycles. The minimum Gasteiger partial charge on any atom is -0.247 e. The minimum absolute atomic E-state index is 0.370. The van der Waals surface area contributed by atoms with Gasteiger partial charge in [0, 0.05) is 5.56 Å². The molecule has 0 amide bonds. The molecule has 94 valence electrons. The molecule has 0 saturated heterocycles. The molecule has 1 atom stereocenters. The van der Waals surface area contributed by atoms with Gasteiger partial charge in [0.2, 0.25) is 0 Å². The van der Waals surface area contributed by atoms with Crippen molar-refractivity contribution < 1.29 is 22.0 Å². The third kappa shape index (κ3) is 2.15. The third-order valence-corrected chi connectivity index (χ3v) is 3.05. The van der Waals surface area contributed by atoms with Crippen LogP contribution in [0.2, 0.25) is 0 Å². The Labute approximate surface area is 95.4 Å². The van der Waals surface area contributed by atoms with E-state index in [0.717, 1.165) is 30.5 Å². The van der Waals surface area contributed by atoms with Crippen LogP contribution in [0.25, 0.3) is 0 Å². The van der Waals surface area contributed by atoms with E-state index in [1.807, 2.05) is 0 Å². The molecular formula is C12H11F5. The maximum atomic E-state index is 13.6. The quantitative estimate of drug-likeness (QED) is 0.703. The van der Waals surface area contributed by atoms with Crippen LogP contribution >= 0.6 is 0 Å². The monoisotopic (exact) mass is 250 g/mol. The first-order valence-electron chi connectivity index (χ1n) is 5.30. The van der Waals surface area contributed by atoms with Crippen LogP contribution in [-0.4, -0.2) is 12.9 Å². The van der Waals surface area contributed by atoms with Crippen LogP contribution in [0.1, 0.15) is 29.9 Å². The molecule has 0 aromatic heterocycles. The lowest BCUT2D eigenvalue weighted by atomic mass is 9.95. The van der Waals surface area contributed by atoms with E-state index in [2.05, 4.69) is 0 Å². The van der Waals surface area contributed by atoms with Gasteiger partial charge in [-0.1, -0.05) is 24.3 Å². The summed E-state index contributed by atoms with van der Waals surface area (Å²) in [7, 11) is 0. The lowest BCUT2D eigenvalue weighted by molar-refractivity contribution is -0.240. The summed E-state index contributed by atoms with van der Waals surface area (Å²) in [6.45, 7) is -2.10. The molecule has 0 unspecified atom stereocenters. The Bertz CT molecular complexity index is 390. The van der Waals surface area contributed by atoms with Gasteiger partial charge in [-0.15, -0.1) is 0 Å². The van der Waals surface area contributed by atoms with Gasteiger partial charge in [-0.2, -0.15) is 13.2 Å². The largest absolute Gasteiger partial charge is 0.429 e. The summed E-state index contributed by atoms with van der Waals surface area (Å²) in [5, 5.41) is 0. The predicted octanol–water partition coefficient (Wildman–Crippen LogP) is 4.26. The number of benzene rings is 1. The molecule has 0 bridgehead atoms. The molecule has 0 heterocycles. The molecular weight excluding hydrogens is 239 g/mol. The molecule has 0 aliphatic heterocycles. The van der Waals surface area contributed by atoms with Crippen LogP contribution in [0.15, 0.2) is 24.3 Å². The minimum atomic E-state index is -5.23. The second-order valence-electron chi connectivity index (χ2n) is 4.33. The van der Waals surface area contributed by atoms with Crippen molar-refractivity contribution in [1.82, 2.24) is 0 Å². The molecule has 0 spiro atoms. The highest BCUT2D eigenvalue weighted by atomic mass is 19.4. The van der Waals surface area contributed by atoms with Gasteiger partial charge in [0.05, 0.1) is 0 Å². The predicted molar refractivity (Wildman–Crippen MR) is 53.2 cm³/mol. The molecule has 0 radical (unpaired) electrons. The fraction of sp³-hybridized carbons (Fsp3) is 0.500. The molecule has 17 heavy (non-hydrogen) atoms. The van der Waals surface area contributed by atoms with Crippen LogP contribution in [0, 0.1) is 0 Å². The zero-order valence-corrected chi connectivity index (χ0v) is 8.90. The first kappa shape index (κ1) is 12.3. The van der Waals surface area contributed by atoms with Crippen molar-refractivity contribution in [3.8, 4) is 0 Å². The number of rotatable bonds is 3. The summed E-state index contributed by atoms with van der Waals surface area (Å²) >= 11 is 0. The topological polar surface area (TPSA) is 0 Å². The maximum Gasteiger partial charge on any atom is 0.429 e. The molecule has 1 fully saturated rings. The number of hydrogen-bond donors (Lipinski definition) is 0. The fourth-order valence-electron chi connectivity index (χ4n) is 1.75. The lowest BCUT2D eigenvalue weighted by Gasteiger charge is -2.25. The fourth-order valence-corrected chi connectivity index (χ4v) is 1.75. The molecule has 2 rings (SSSR count). The van der Waals surface area contributed by atoms with Crippen LogP contribution in [0.3, 0.4) is 0 Å². The Morgan fingerprint density at radius 3 is 1.88 bits per heavy atom. The van der Waals surface area contributed by atoms with Gasteiger partial charge in [-0.3, -0.25) is 0 Å². The zero-order valence-electron chi connectivity index (χ0n) is 8.90. The highest BCUT2D eigenvalue weighted by molar-refractivity contribution is 5.32. The summed E-state index contributed by atoms with van der Waals surface area (Å²) in [5.74, 6) is 0.370. The lowest BCUT2D eigenvalue weighted by Crippen LogP contribution is -2.40. The zero-order chi connectivity index (χ0) is 12.7. The Morgan fingerprint density at radius 2 is 1.53 bits per heavy atom. The van der Waals surface area contributed by atoms with Crippen LogP contribution in [-0.2, 0) is 5.67 Å². The summed E-state index contributed by atoms with van der Waals surface area (Å²) in [4.78, 5) is 0. The van der Waals surface area contributed by atoms with Gasteiger partial charge in [-0.25, -0.2) is 8.78 Å². The van der Waals surface area contributed by atoms with Gasteiger partial charge >= 0.3 is 6.18 Å². The van der Waals surface area contributed by atoms with E-state index < -0.39 is 24.1 Å². The smallest absolute Gasteiger partial charge is 0.247 e. The second-order valence-corrected chi connectivity index (χ2v) is 4.33. The average molecular weight is 250 g/mol. The molecule has 0 nitrogen and oxygen atoms in total. The van der Waals surface area contributed by atoms with Gasteiger partial charge in [0.25, 0.3) is 5.67 Å². The molecule has 0 N–H and O–H groups in total. The Kier molecular flexibility index (Phi) is 2.87. The molecule has 1 aliphatic rings. The molecule has 5 heteroatoms. The number of hydrogen-bond acceptors (Lipinski definition) is 0. The van der Waals surface area contributed by atoms with E-state index in [9.17, 15) is 22.0 Å². The summed E-state index contributed by atoms with van der Waals surface area (Å²) < 4.78 is 63.3. The van der Waals surface area contributed by atoms with Crippen molar-refractivity contribution in [2.45, 2.75) is 30.6 Å². The molecule has 1 saturated carbocycles. The highest BCUT2D eigenvalue weighted by Gasteiger charge is 2.57. The number of alkyl halides is 5. The maximum absolute atomic E-state index is 13.6. The van der Waals surface area contributed by atoms with Gasteiger partial charge in [0.15, 0.2) is 0 Å². The van der Waals surface area contributed by atoms with Crippen molar-refractivity contribution in [2.75, 3.05) is 6.67 Å². The Morgan fingerprint density at radius 1 is 1.00 bits per heavy atom. The van der Waals surface area contributed by atoms with Crippen molar-refractivity contribution in [1.29, 1.82) is 0 Å². The molecule has 1 aromatic carbocycles. The van der Waals surface area contributed by atoms with Crippen LogP contribution in [0.5, 0.6) is 0 Å². The Balaban J connectivity index is 2.30.